The van der Waals surface area contributed by atoms with E-state index in [1.807, 2.05) is 48.5 Å². The van der Waals surface area contributed by atoms with Crippen LogP contribution in [0, 0.1) is 34.4 Å². The van der Waals surface area contributed by atoms with E-state index in [0.717, 1.165) is 53.2 Å². The number of carbonyl (C=O) groups is 8. The first-order valence-corrected chi connectivity index (χ1v) is 30.8. The number of Topliss-reactive ketones (excluding diaryl/α,β-unsaturated/α-hetero) is 1. The summed E-state index contributed by atoms with van der Waals surface area (Å²) >= 11 is 0. The van der Waals surface area contributed by atoms with Gasteiger partial charge < -0.3 is 63.5 Å². The number of amides is 3. The molecule has 11 rings (SSSR count). The maximum Gasteiger partial charge on any atom is 0.411 e. The third kappa shape index (κ3) is 12.1. The van der Waals surface area contributed by atoms with Crippen molar-refractivity contribution in [2.75, 3.05) is 38.4 Å². The molecule has 5 fully saturated rings. The van der Waals surface area contributed by atoms with Gasteiger partial charge in [-0.25, -0.2) is 27.6 Å². The molecule has 0 radical (unpaired) electrons. The molecule has 4 aromatic rings. The highest BCUT2D eigenvalue weighted by Crippen LogP contribution is 2.73. The number of carboxylic acid groups (broad SMARTS) is 1. The fraction of sp³-hybridized carbons (Fsp3) is 0.471. The molecule has 5 aliphatic carbocycles. The number of anilines is 1. The number of hydrogen-bond donors (Lipinski definition) is 4. The van der Waals surface area contributed by atoms with Gasteiger partial charge in [-0.3, -0.25) is 28.9 Å². The minimum Gasteiger partial charge on any atom is -0.479 e. The Morgan fingerprint density at radius 2 is 1.55 bits per heavy atom. The Morgan fingerprint density at radius 1 is 0.849 bits per heavy atom. The highest BCUT2D eigenvalue weighted by atomic mass is 19.1. The highest BCUT2D eigenvalue weighted by molar-refractivity contribution is 6.01. The lowest BCUT2D eigenvalue weighted by atomic mass is 9.44. The van der Waals surface area contributed by atoms with Crippen molar-refractivity contribution in [3.05, 3.63) is 143 Å². The number of aliphatic carboxylic acids is 1. The van der Waals surface area contributed by atoms with Crippen molar-refractivity contribution in [1.82, 2.24) is 10.2 Å². The topological polar surface area (TPSA) is 287 Å². The molecule has 7 aliphatic rings. The molecule has 0 bridgehead atoms. The second-order valence-electron chi connectivity index (χ2n) is 25.0. The minimum atomic E-state index is -2.49. The number of alkyl halides is 2. The van der Waals surface area contributed by atoms with E-state index in [4.69, 9.17) is 42.6 Å². The van der Waals surface area contributed by atoms with Crippen LogP contribution in [-0.4, -0.2) is 150 Å². The SMILES string of the molecule is CCN(COCC(=O)[C@@]12O[C@H](c3cccc(F)c3)O[C@@H]1C[C@H]1[C@@H]3C[C@H](F)C4=CC(=O)C=C[C@]4(C)[C@@]3(F)[C@@H](O)C[C@@]12C)C(=O)OCc1ccc(O[C@@H]2O[C@H](C(=O)O)[C@@H](OC(C)=O)[C@H](C)[C@H]2OC(C)=O)c(NC(=O)CCNC(=O)OCC2c3ccccc3-c3ccccc32)c1. The minimum absolute atomic E-state index is 0.0199. The maximum atomic E-state index is 18.2. The Hall–Kier alpha value is -8.49. The molecule has 4 N–H and O–H groups in total. The molecule has 0 aromatic heterocycles. The zero-order valence-electron chi connectivity index (χ0n) is 51.8. The van der Waals surface area contributed by atoms with E-state index in [1.165, 1.54) is 56.3 Å². The molecule has 0 spiro atoms. The van der Waals surface area contributed by atoms with Gasteiger partial charge in [-0.1, -0.05) is 86.7 Å². The fourth-order valence-corrected chi connectivity index (χ4v) is 15.3. The summed E-state index contributed by atoms with van der Waals surface area (Å²) in [7, 11) is 0. The molecule has 2 saturated heterocycles. The van der Waals surface area contributed by atoms with E-state index in [0.29, 0.717) is 0 Å². The van der Waals surface area contributed by atoms with E-state index >= 15 is 13.6 Å². The van der Waals surface area contributed by atoms with Crippen LogP contribution >= 0.6 is 0 Å². The molecule has 3 saturated carbocycles. The van der Waals surface area contributed by atoms with Crippen LogP contribution < -0.4 is 15.4 Å². The van der Waals surface area contributed by atoms with Gasteiger partial charge in [0.15, 0.2) is 41.3 Å². The standard InChI is InChI=1S/C68H72F3N3O19/c1-7-74(34-85-33-54(79)68-55(91-61(93-68)39-13-12-14-40(69)26-39)29-47-48-28-50(70)49-27-41(77)21-23-65(49,5)67(48,71)53(78)30-66(47,68)6)64(84)87-31-38-19-20-52(90-62-58(89-37(4)76)35(2)57(88-36(3)75)59(92-62)60(81)82)51(25-38)73-56(80)22-24-72-63(83)86-32-46-44-17-10-8-15-42(44)43-16-9-11-18-45(43)46/h8-21,23,25-27,35,46-48,50,53,55,57-59,61-62,78H,7,22,24,28-34H2,1-6H3,(H,72,83)(H,73,80)(H,81,82)/t35-,47-,48-,50-,53-,55+,57-,58+,59-,61+,62+,65-,66-,67-,68+/m0/s1. The van der Waals surface area contributed by atoms with Crippen molar-refractivity contribution >= 4 is 53.3 Å². The Bertz CT molecular complexity index is 3650. The third-order valence-electron chi connectivity index (χ3n) is 19.6. The molecule has 93 heavy (non-hydrogen) atoms. The molecule has 494 valence electrons. The number of nitrogens with one attached hydrogen (secondary N) is 2. The molecular formula is C68H72F3N3O19. The summed E-state index contributed by atoms with van der Waals surface area (Å²) in [4.78, 5) is 107. The van der Waals surface area contributed by atoms with E-state index < -0.39 is 169 Å². The largest absolute Gasteiger partial charge is 0.479 e. The smallest absolute Gasteiger partial charge is 0.411 e. The number of ketones is 2. The summed E-state index contributed by atoms with van der Waals surface area (Å²) in [5.41, 5.74) is -3.22. The number of allylic oxidation sites excluding steroid dienone is 4. The van der Waals surface area contributed by atoms with Crippen LogP contribution in [0.15, 0.2) is 115 Å². The monoisotopic (exact) mass is 1290 g/mol. The molecule has 2 aliphatic heterocycles. The third-order valence-corrected chi connectivity index (χ3v) is 19.6. The van der Waals surface area contributed by atoms with Gasteiger partial charge in [-0.05, 0) is 109 Å². The Kier molecular flexibility index (Phi) is 18.5. The van der Waals surface area contributed by atoms with Gasteiger partial charge in [0.25, 0.3) is 0 Å². The van der Waals surface area contributed by atoms with E-state index in [2.05, 4.69) is 10.6 Å². The fourth-order valence-electron chi connectivity index (χ4n) is 15.3. The van der Waals surface area contributed by atoms with Crippen LogP contribution in [0.5, 0.6) is 5.75 Å². The number of carboxylic acids is 1. The number of benzene rings is 4. The number of carbonyl (C=O) groups excluding carboxylic acids is 7. The van der Waals surface area contributed by atoms with Crippen molar-refractivity contribution < 1.29 is 104 Å². The molecule has 3 amide bonds. The van der Waals surface area contributed by atoms with Gasteiger partial charge in [0.05, 0.1) is 17.9 Å². The zero-order valence-corrected chi connectivity index (χ0v) is 51.8. The highest BCUT2D eigenvalue weighted by Gasteiger charge is 2.80. The van der Waals surface area contributed by atoms with Crippen LogP contribution in [0.1, 0.15) is 102 Å². The number of fused-ring (bicyclic) bond motifs is 10. The summed E-state index contributed by atoms with van der Waals surface area (Å²) in [5.74, 6) is -9.10. The molecular weight excluding hydrogens is 1220 g/mol. The van der Waals surface area contributed by atoms with E-state index in [-0.39, 0.29) is 73.0 Å². The van der Waals surface area contributed by atoms with Crippen molar-refractivity contribution in [2.24, 2.45) is 28.6 Å². The zero-order chi connectivity index (χ0) is 66.5. The summed E-state index contributed by atoms with van der Waals surface area (Å²) in [6.45, 7) is 6.45. The number of halogens is 3. The number of rotatable bonds is 20. The molecule has 2 heterocycles. The quantitative estimate of drug-likeness (QED) is 0.0365. The van der Waals surface area contributed by atoms with Crippen LogP contribution in [0.4, 0.5) is 28.4 Å². The van der Waals surface area contributed by atoms with E-state index in [1.54, 1.807) is 19.9 Å². The van der Waals surface area contributed by atoms with Gasteiger partial charge in [-0.2, -0.15) is 0 Å². The molecule has 4 aromatic carbocycles. The van der Waals surface area contributed by atoms with Crippen molar-refractivity contribution in [2.45, 2.75) is 140 Å². The average Bonchev–Trinajstić information content (AvgIpc) is 1.57. The first kappa shape index (κ1) is 66.0. The normalized spacial score (nSPS) is 31.2. The number of aliphatic hydroxyl groups excluding tert-OH is 1. The molecule has 15 atom stereocenters. The van der Waals surface area contributed by atoms with Crippen LogP contribution in [-0.2, 0) is 73.3 Å². The lowest BCUT2D eigenvalue weighted by Gasteiger charge is -2.63. The lowest BCUT2D eigenvalue weighted by Crippen LogP contribution is -2.70. The summed E-state index contributed by atoms with van der Waals surface area (Å²) in [5, 5.41) is 27.6. The van der Waals surface area contributed by atoms with Gasteiger partial charge in [0, 0.05) is 67.5 Å². The van der Waals surface area contributed by atoms with Gasteiger partial charge in [-0.15, -0.1) is 0 Å². The lowest BCUT2D eigenvalue weighted by molar-refractivity contribution is -0.264. The predicted molar refractivity (Wildman–Crippen MR) is 320 cm³/mol. The molecule has 0 unspecified atom stereocenters. The Balaban J connectivity index is 0.778. The number of nitrogens with zero attached hydrogens (tertiary/aromatic N) is 1. The van der Waals surface area contributed by atoms with Crippen LogP contribution in [0.3, 0.4) is 0 Å². The summed E-state index contributed by atoms with van der Waals surface area (Å²) in [6, 6.07) is 25.2. The van der Waals surface area contributed by atoms with Crippen molar-refractivity contribution in [3.8, 4) is 16.9 Å². The average molecular weight is 1290 g/mol. The number of ether oxygens (including phenoxy) is 9. The van der Waals surface area contributed by atoms with Gasteiger partial charge in [0.1, 0.15) is 50.4 Å². The second kappa shape index (κ2) is 26.1. The molecule has 25 heteroatoms. The second-order valence-corrected chi connectivity index (χ2v) is 25.0. The summed E-state index contributed by atoms with van der Waals surface area (Å²) in [6.07, 6.45) is -11.6. The van der Waals surface area contributed by atoms with E-state index in [9.17, 15) is 48.2 Å². The van der Waals surface area contributed by atoms with Crippen molar-refractivity contribution in [1.29, 1.82) is 0 Å². The number of alkyl carbamates (subject to hydrolysis) is 1. The van der Waals surface area contributed by atoms with Gasteiger partial charge >= 0.3 is 30.1 Å². The number of aliphatic hydroxyl groups is 1. The molecule has 22 nitrogen and oxygen atoms in total. The first-order valence-electron chi connectivity index (χ1n) is 30.8. The summed E-state index contributed by atoms with van der Waals surface area (Å²) < 4.78 is 103. The van der Waals surface area contributed by atoms with Crippen LogP contribution in [0.25, 0.3) is 11.1 Å². The number of esters is 2. The maximum absolute atomic E-state index is 18.2. The van der Waals surface area contributed by atoms with Crippen molar-refractivity contribution in [3.63, 3.8) is 0 Å². The Morgan fingerprint density at radius 3 is 2.23 bits per heavy atom. The predicted octanol–water partition coefficient (Wildman–Crippen LogP) is 8.66. The first-order chi connectivity index (χ1) is 44.3. The van der Waals surface area contributed by atoms with Gasteiger partial charge in [0.2, 0.25) is 12.2 Å². The Labute approximate surface area is 532 Å². The van der Waals surface area contributed by atoms with Crippen LogP contribution in [0.2, 0.25) is 0 Å². The number of hydrogen-bond acceptors (Lipinski definition) is 18.